The van der Waals surface area contributed by atoms with Crippen molar-refractivity contribution in [2.45, 2.75) is 357 Å². The maximum absolute atomic E-state index is 12.5. The number of esters is 8. The molecule has 6 atom stereocenters. The number of ether oxygens (including phenoxy) is 8. The Morgan fingerprint density at radius 1 is 0.381 bits per heavy atom. The van der Waals surface area contributed by atoms with Crippen LogP contribution in [0.4, 0.5) is 0 Å². The van der Waals surface area contributed by atoms with E-state index in [-0.39, 0.29) is 103 Å². The molecule has 12 fully saturated rings. The van der Waals surface area contributed by atoms with Crippen LogP contribution >= 0.6 is 0 Å². The molecule has 0 spiro atoms. The van der Waals surface area contributed by atoms with E-state index < -0.39 is 49.3 Å². The Labute approximate surface area is 629 Å². The molecule has 2 aliphatic heterocycles. The number of carbonyl (C=O) groups is 8. The fourth-order valence-corrected chi connectivity index (χ4v) is 16.9. The van der Waals surface area contributed by atoms with E-state index in [9.17, 15) is 48.6 Å². The molecule has 18 nitrogen and oxygen atoms in total. The molecule has 2 N–H and O–H groups in total. The number of carbonyl (C=O) groups excluding carboxylic acids is 8. The van der Waals surface area contributed by atoms with Crippen LogP contribution in [0.1, 0.15) is 322 Å². The number of benzene rings is 2. The van der Waals surface area contributed by atoms with E-state index in [1.165, 1.54) is 19.3 Å². The fraction of sp³-hybridized carbons (Fsp3) is 0.770. The van der Waals surface area contributed by atoms with Crippen LogP contribution in [-0.2, 0) is 87.5 Å². The minimum absolute atomic E-state index is 0.0641. The Kier molecular flexibility index (Phi) is 28.6. The summed E-state index contributed by atoms with van der Waals surface area (Å²) in [6.07, 6.45) is 25.1. The topological polar surface area (TPSA) is 251 Å². The van der Waals surface area contributed by atoms with Gasteiger partial charge in [0.2, 0.25) is 0 Å². The summed E-state index contributed by atoms with van der Waals surface area (Å²) in [6.45, 7) is 35.3. The van der Waals surface area contributed by atoms with Gasteiger partial charge in [-0.3, -0.25) is 38.4 Å². The van der Waals surface area contributed by atoms with Gasteiger partial charge >= 0.3 is 47.8 Å². The standard InChI is InChI=1S/C18H26O2.C17H24O2.2C16H26O3.2C10H16O4/c1-4-17(2,3)16(19)20-18(13-9-6-10-14-18)15-11-7-5-8-12-15;1-4-16(2,3)15(18)19-17(12-8-9-13-17)14-10-6-5-7-11-14;2*1-4-14(2,3)13(17)19-16-8-11-5-12(9-16)7-15(18,6-11)10-16;2*1-4-10(2,3)9(12)14-7-5-8(11)13-6-7/h5,7-8,11-12H,4,6,9-10,13-14H2,1-3H3;5-7,10-11H,4,8-9,12-13H2,1-3H3;2*11-12,18H,4-10H2,1-3H3;2*7H,4-6H2,1-3H3. The lowest BCUT2D eigenvalue weighted by molar-refractivity contribution is -0.226. The third kappa shape index (κ3) is 22.4. The highest BCUT2D eigenvalue weighted by Gasteiger charge is 2.61. The normalized spacial score (nSPS) is 28.8. The molecule has 2 aromatic carbocycles. The van der Waals surface area contributed by atoms with E-state index in [1.54, 1.807) is 0 Å². The molecule has 18 heteroatoms. The van der Waals surface area contributed by atoms with Crippen molar-refractivity contribution < 1.29 is 86.5 Å². The smallest absolute Gasteiger partial charge is 0.312 e. The van der Waals surface area contributed by atoms with E-state index >= 15 is 0 Å². The Morgan fingerprint density at radius 3 is 0.886 bits per heavy atom. The largest absolute Gasteiger partial charge is 0.462 e. The van der Waals surface area contributed by atoms with Crippen molar-refractivity contribution in [3.8, 4) is 0 Å². The van der Waals surface area contributed by atoms with Gasteiger partial charge in [-0.05, 0) is 272 Å². The molecule has 14 rings (SSSR count). The van der Waals surface area contributed by atoms with Crippen molar-refractivity contribution >= 4 is 47.8 Å². The monoisotopic (exact) mass is 1470 g/mol. The predicted octanol–water partition coefficient (Wildman–Crippen LogP) is 17.9. The van der Waals surface area contributed by atoms with Gasteiger partial charge in [0.05, 0.1) is 56.5 Å². The molecule has 8 bridgehead atoms. The molecule has 10 saturated carbocycles. The molecule has 6 unspecified atom stereocenters. The first-order chi connectivity index (χ1) is 48.9. The summed E-state index contributed by atoms with van der Waals surface area (Å²) < 4.78 is 43.7. The summed E-state index contributed by atoms with van der Waals surface area (Å²) in [7, 11) is 0. The van der Waals surface area contributed by atoms with Gasteiger partial charge < -0.3 is 48.1 Å². The third-order valence-electron chi connectivity index (χ3n) is 25.6. The second kappa shape index (κ2) is 34.8. The van der Waals surface area contributed by atoms with Gasteiger partial charge in [0.25, 0.3) is 0 Å². The molecule has 105 heavy (non-hydrogen) atoms. The summed E-state index contributed by atoms with van der Waals surface area (Å²) in [5.74, 6) is 0.827. The molecular formula is C87H134O18. The first-order valence-electron chi connectivity index (χ1n) is 40.2. The Hall–Kier alpha value is -5.88. The first kappa shape index (κ1) is 86.4. The lowest BCUT2D eigenvalue weighted by Gasteiger charge is -2.59. The highest BCUT2D eigenvalue weighted by atomic mass is 16.6. The SMILES string of the molecule is CCC(C)(C)C(=O)OC1(c2ccccc2)CCCC1.CCC(C)(C)C(=O)OC1(c2ccccc2)CCCCC1.CCC(C)(C)C(=O)OC12CC3CC(CC(O)(C3)C1)C2.CCC(C)(C)C(=O)OC12CC3CC(CC(O)(C3)C1)C2.CCC(C)(C)C(=O)OC1COC(=O)C1.CCC(C)(C)C(=O)OC1COC(=O)C1. The lowest BCUT2D eigenvalue weighted by Crippen LogP contribution is -2.61. The fourth-order valence-electron chi connectivity index (χ4n) is 16.9. The van der Waals surface area contributed by atoms with E-state index in [0.717, 1.165) is 140 Å². The zero-order valence-corrected chi connectivity index (χ0v) is 67.6. The van der Waals surface area contributed by atoms with Crippen LogP contribution in [0.15, 0.2) is 60.7 Å². The zero-order valence-electron chi connectivity index (χ0n) is 67.6. The molecule has 10 aliphatic carbocycles. The Morgan fingerprint density at radius 2 is 0.638 bits per heavy atom. The molecule has 0 amide bonds. The minimum Gasteiger partial charge on any atom is -0.462 e. The predicted molar refractivity (Wildman–Crippen MR) is 402 cm³/mol. The maximum atomic E-state index is 12.5. The summed E-state index contributed by atoms with van der Waals surface area (Å²) in [5.41, 5.74) is -2.90. The number of hydrogen-bond donors (Lipinski definition) is 2. The maximum Gasteiger partial charge on any atom is 0.312 e. The van der Waals surface area contributed by atoms with Gasteiger partial charge in [0, 0.05) is 12.8 Å². The summed E-state index contributed by atoms with van der Waals surface area (Å²) in [6, 6.07) is 20.5. The van der Waals surface area contributed by atoms with Gasteiger partial charge in [-0.15, -0.1) is 0 Å². The number of aliphatic hydroxyl groups is 2. The summed E-state index contributed by atoms with van der Waals surface area (Å²) >= 11 is 0. The zero-order chi connectivity index (χ0) is 77.9. The van der Waals surface area contributed by atoms with E-state index in [2.05, 4.69) is 24.3 Å². The Bertz CT molecular complexity index is 3100. The van der Waals surface area contributed by atoms with Crippen LogP contribution in [0.3, 0.4) is 0 Å². The molecule has 2 aromatic rings. The van der Waals surface area contributed by atoms with Gasteiger partial charge in [-0.1, -0.05) is 109 Å². The molecular weight excluding hydrogens is 1330 g/mol. The van der Waals surface area contributed by atoms with Crippen LogP contribution in [0.25, 0.3) is 0 Å². The van der Waals surface area contributed by atoms with Gasteiger partial charge in [0.1, 0.15) is 47.8 Å². The van der Waals surface area contributed by atoms with Crippen molar-refractivity contribution in [2.24, 2.45) is 56.2 Å². The quantitative estimate of drug-likeness (QED) is 0.0923. The van der Waals surface area contributed by atoms with Crippen LogP contribution < -0.4 is 0 Å². The average molecular weight is 1470 g/mol. The minimum atomic E-state index is -0.555. The summed E-state index contributed by atoms with van der Waals surface area (Å²) in [4.78, 5) is 94.3. The van der Waals surface area contributed by atoms with Crippen molar-refractivity contribution in [2.75, 3.05) is 13.2 Å². The van der Waals surface area contributed by atoms with Crippen LogP contribution in [-0.4, -0.2) is 106 Å². The molecule has 0 aromatic heterocycles. The second-order valence-corrected chi connectivity index (χ2v) is 37.0. The van der Waals surface area contributed by atoms with E-state index in [1.807, 2.05) is 161 Å². The van der Waals surface area contributed by atoms with Gasteiger partial charge in [-0.25, -0.2) is 0 Å². The first-order valence-corrected chi connectivity index (χ1v) is 40.2. The van der Waals surface area contributed by atoms with Crippen molar-refractivity contribution in [1.29, 1.82) is 0 Å². The number of rotatable bonds is 20. The highest BCUT2D eigenvalue weighted by Crippen LogP contribution is 2.61. The molecule has 12 aliphatic rings. The second-order valence-electron chi connectivity index (χ2n) is 37.0. The van der Waals surface area contributed by atoms with Crippen molar-refractivity contribution in [3.63, 3.8) is 0 Å². The van der Waals surface area contributed by atoms with Crippen molar-refractivity contribution in [1.82, 2.24) is 0 Å². The lowest BCUT2D eigenvalue weighted by atomic mass is 9.52. The number of cyclic esters (lactones) is 2. The third-order valence-corrected chi connectivity index (χ3v) is 25.6. The molecule has 590 valence electrons. The van der Waals surface area contributed by atoms with Crippen LogP contribution in [0, 0.1) is 56.2 Å². The van der Waals surface area contributed by atoms with E-state index in [4.69, 9.17) is 37.9 Å². The molecule has 2 heterocycles. The van der Waals surface area contributed by atoms with Crippen molar-refractivity contribution in [3.05, 3.63) is 71.8 Å². The average Bonchev–Trinajstić information content (AvgIpc) is 1.39. The van der Waals surface area contributed by atoms with Gasteiger partial charge in [0.15, 0.2) is 0 Å². The highest BCUT2D eigenvalue weighted by molar-refractivity contribution is 5.80. The van der Waals surface area contributed by atoms with Gasteiger partial charge in [-0.2, -0.15) is 0 Å². The van der Waals surface area contributed by atoms with E-state index in [0.29, 0.717) is 49.4 Å². The molecule has 0 radical (unpaired) electrons. The number of hydrogen-bond acceptors (Lipinski definition) is 18. The summed E-state index contributed by atoms with van der Waals surface area (Å²) in [5, 5.41) is 21.3. The van der Waals surface area contributed by atoms with Crippen LogP contribution in [0.5, 0.6) is 0 Å². The molecule has 2 saturated heterocycles. The Balaban J connectivity index is 0.000000177. The van der Waals surface area contributed by atoms with Crippen LogP contribution in [0.2, 0.25) is 0 Å².